The lowest BCUT2D eigenvalue weighted by molar-refractivity contribution is -0.385. The first-order valence-electron chi connectivity index (χ1n) is 8.64. The highest BCUT2D eigenvalue weighted by atomic mass is 16.6. The fourth-order valence-corrected chi connectivity index (χ4v) is 2.43. The molecule has 0 aliphatic carbocycles. The molecule has 0 bridgehead atoms. The summed E-state index contributed by atoms with van der Waals surface area (Å²) < 4.78 is 0. The minimum atomic E-state index is -0.579. The summed E-state index contributed by atoms with van der Waals surface area (Å²) in [5.41, 5.74) is -0.569. The first kappa shape index (κ1) is 21.5. The van der Waals surface area contributed by atoms with Crippen LogP contribution < -0.4 is 10.6 Å². The van der Waals surface area contributed by atoms with Gasteiger partial charge in [-0.15, -0.1) is 0 Å². The number of hydrogen-bond acceptors (Lipinski definition) is 6. The number of rotatable bonds is 8. The summed E-state index contributed by atoms with van der Waals surface area (Å²) in [6.07, 6.45) is 0. The Bertz CT molecular complexity index is 882. The molecular weight excluding hydrogens is 380 g/mol. The lowest BCUT2D eigenvalue weighted by Gasteiger charge is -2.25. The van der Waals surface area contributed by atoms with Crippen molar-refractivity contribution in [2.24, 2.45) is 5.41 Å². The number of carbonyl (C=O) groups excluding carboxylic acids is 2. The third-order valence-corrected chi connectivity index (χ3v) is 4.09. The molecule has 2 aromatic rings. The summed E-state index contributed by atoms with van der Waals surface area (Å²) in [6.45, 7) is 4.02. The number of non-ortho nitro benzene ring substituents is 2. The first-order chi connectivity index (χ1) is 13.6. The van der Waals surface area contributed by atoms with Gasteiger partial charge in [-0.25, -0.2) is 0 Å². The van der Waals surface area contributed by atoms with Gasteiger partial charge in [-0.3, -0.25) is 29.8 Å². The summed E-state index contributed by atoms with van der Waals surface area (Å²) in [4.78, 5) is 45.0. The van der Waals surface area contributed by atoms with Crippen molar-refractivity contribution in [3.8, 4) is 0 Å². The average Bonchev–Trinajstić information content (AvgIpc) is 2.70. The number of hydrogen-bond donors (Lipinski definition) is 2. The van der Waals surface area contributed by atoms with Gasteiger partial charge in [0.25, 0.3) is 23.2 Å². The molecule has 2 N–H and O–H groups in total. The van der Waals surface area contributed by atoms with Gasteiger partial charge < -0.3 is 10.6 Å². The van der Waals surface area contributed by atoms with E-state index in [9.17, 15) is 29.8 Å². The molecule has 0 fully saturated rings. The minimum absolute atomic E-state index is 0.163. The van der Waals surface area contributed by atoms with Crippen molar-refractivity contribution in [2.75, 3.05) is 13.1 Å². The maximum atomic E-state index is 12.2. The van der Waals surface area contributed by atoms with Crippen molar-refractivity contribution in [1.29, 1.82) is 0 Å². The van der Waals surface area contributed by atoms with E-state index < -0.39 is 27.1 Å². The van der Waals surface area contributed by atoms with Crippen LogP contribution >= 0.6 is 0 Å². The van der Waals surface area contributed by atoms with Crippen molar-refractivity contribution >= 4 is 23.2 Å². The lowest BCUT2D eigenvalue weighted by Crippen LogP contribution is -2.42. The maximum absolute atomic E-state index is 12.2. The molecule has 10 heteroatoms. The molecule has 29 heavy (non-hydrogen) atoms. The number of nitrogens with zero attached hydrogens (tertiary/aromatic N) is 2. The van der Waals surface area contributed by atoms with Crippen LogP contribution in [0.1, 0.15) is 34.6 Å². The molecular formula is C19H20N4O6. The van der Waals surface area contributed by atoms with Gasteiger partial charge in [-0.05, 0) is 17.5 Å². The van der Waals surface area contributed by atoms with Crippen LogP contribution in [-0.4, -0.2) is 34.8 Å². The Morgan fingerprint density at radius 2 is 1.21 bits per heavy atom. The van der Waals surface area contributed by atoms with E-state index in [0.29, 0.717) is 0 Å². The van der Waals surface area contributed by atoms with Crippen LogP contribution in [0.25, 0.3) is 0 Å². The monoisotopic (exact) mass is 400 g/mol. The van der Waals surface area contributed by atoms with E-state index in [0.717, 1.165) is 0 Å². The van der Waals surface area contributed by atoms with Crippen LogP contribution in [-0.2, 0) is 0 Å². The van der Waals surface area contributed by atoms with Gasteiger partial charge in [0.15, 0.2) is 0 Å². The minimum Gasteiger partial charge on any atom is -0.351 e. The molecule has 0 spiro atoms. The van der Waals surface area contributed by atoms with Crippen LogP contribution in [0.4, 0.5) is 11.4 Å². The topological polar surface area (TPSA) is 144 Å². The predicted molar refractivity (Wildman–Crippen MR) is 105 cm³/mol. The van der Waals surface area contributed by atoms with Gasteiger partial charge in [-0.2, -0.15) is 0 Å². The number of nitrogens with one attached hydrogen (secondary N) is 2. The van der Waals surface area contributed by atoms with Crippen LogP contribution in [0.5, 0.6) is 0 Å². The molecule has 10 nitrogen and oxygen atoms in total. The van der Waals surface area contributed by atoms with Crippen molar-refractivity contribution < 1.29 is 19.4 Å². The van der Waals surface area contributed by atoms with Crippen LogP contribution in [0.3, 0.4) is 0 Å². The zero-order valence-corrected chi connectivity index (χ0v) is 15.9. The molecule has 0 unspecified atom stereocenters. The SMILES string of the molecule is CC(C)(CNC(=O)c1cccc([N+](=O)[O-])c1)CNC(=O)c1cccc([N+](=O)[O-])c1. The molecule has 0 heterocycles. The normalized spacial score (nSPS) is 10.8. The van der Waals surface area contributed by atoms with Gasteiger partial charge in [0.1, 0.15) is 0 Å². The average molecular weight is 400 g/mol. The number of nitro groups is 2. The van der Waals surface area contributed by atoms with Crippen molar-refractivity contribution in [1.82, 2.24) is 10.6 Å². The number of benzene rings is 2. The van der Waals surface area contributed by atoms with Crippen molar-refractivity contribution in [2.45, 2.75) is 13.8 Å². The summed E-state index contributed by atoms with van der Waals surface area (Å²) in [6, 6.07) is 10.8. The highest BCUT2D eigenvalue weighted by Crippen LogP contribution is 2.16. The van der Waals surface area contributed by atoms with E-state index in [1.54, 1.807) is 0 Å². The van der Waals surface area contributed by atoms with Gasteiger partial charge in [0, 0.05) is 48.5 Å². The smallest absolute Gasteiger partial charge is 0.270 e. The van der Waals surface area contributed by atoms with E-state index >= 15 is 0 Å². The zero-order valence-electron chi connectivity index (χ0n) is 15.9. The molecule has 2 aromatic carbocycles. The van der Waals surface area contributed by atoms with Crippen molar-refractivity contribution in [3.05, 3.63) is 79.9 Å². The maximum Gasteiger partial charge on any atom is 0.270 e. The summed E-state index contributed by atoms with van der Waals surface area (Å²) in [5, 5.41) is 27.0. The fourth-order valence-electron chi connectivity index (χ4n) is 2.43. The first-order valence-corrected chi connectivity index (χ1v) is 8.64. The zero-order chi connectivity index (χ0) is 21.6. The van der Waals surface area contributed by atoms with Crippen molar-refractivity contribution in [3.63, 3.8) is 0 Å². The summed E-state index contributed by atoms with van der Waals surface area (Å²) in [5.74, 6) is -0.932. The molecule has 0 radical (unpaired) electrons. The van der Waals surface area contributed by atoms with Crippen LogP contribution in [0, 0.1) is 25.6 Å². The number of amides is 2. The van der Waals surface area contributed by atoms with Gasteiger partial charge >= 0.3 is 0 Å². The quantitative estimate of drug-likeness (QED) is 0.515. The second-order valence-corrected chi connectivity index (χ2v) is 7.14. The Balaban J connectivity index is 1.93. The molecule has 0 atom stereocenters. The second kappa shape index (κ2) is 8.91. The summed E-state index contributed by atoms with van der Waals surface area (Å²) >= 11 is 0. The van der Waals surface area contributed by atoms with Gasteiger partial charge in [-0.1, -0.05) is 26.0 Å². The third kappa shape index (κ3) is 6.09. The van der Waals surface area contributed by atoms with E-state index in [4.69, 9.17) is 0 Å². The predicted octanol–water partition coefficient (Wildman–Crippen LogP) is 2.69. The Morgan fingerprint density at radius 1 is 0.828 bits per heavy atom. The largest absolute Gasteiger partial charge is 0.351 e. The van der Waals surface area contributed by atoms with E-state index in [-0.39, 0.29) is 35.6 Å². The standard InChI is InChI=1S/C19H20N4O6/c1-19(2,11-20-17(24)13-5-3-7-15(9-13)22(26)27)12-21-18(25)14-6-4-8-16(10-14)23(28)29/h3-10H,11-12H2,1-2H3,(H,20,24)(H,21,25). The van der Waals surface area contributed by atoms with E-state index in [2.05, 4.69) is 10.6 Å². The molecule has 2 rings (SSSR count). The Labute approximate surface area is 166 Å². The molecule has 0 saturated carbocycles. The van der Waals surface area contributed by atoms with E-state index in [1.165, 1.54) is 48.5 Å². The fraction of sp³-hybridized carbons (Fsp3) is 0.263. The Kier molecular flexibility index (Phi) is 6.60. The molecule has 0 saturated heterocycles. The van der Waals surface area contributed by atoms with E-state index in [1.807, 2.05) is 13.8 Å². The molecule has 2 amide bonds. The highest BCUT2D eigenvalue weighted by Gasteiger charge is 2.22. The number of carbonyl (C=O) groups is 2. The van der Waals surface area contributed by atoms with Gasteiger partial charge in [0.2, 0.25) is 0 Å². The highest BCUT2D eigenvalue weighted by molar-refractivity contribution is 5.95. The third-order valence-electron chi connectivity index (χ3n) is 4.09. The van der Waals surface area contributed by atoms with Crippen LogP contribution in [0.2, 0.25) is 0 Å². The van der Waals surface area contributed by atoms with Gasteiger partial charge in [0.05, 0.1) is 9.85 Å². The molecule has 0 aromatic heterocycles. The molecule has 0 aliphatic heterocycles. The molecule has 0 aliphatic rings. The van der Waals surface area contributed by atoms with Crippen LogP contribution in [0.15, 0.2) is 48.5 Å². The Hall–Kier alpha value is -3.82. The summed E-state index contributed by atoms with van der Waals surface area (Å²) in [7, 11) is 0. The lowest BCUT2D eigenvalue weighted by atomic mass is 9.93. The number of nitro benzene ring substituents is 2. The molecule has 152 valence electrons. The second-order valence-electron chi connectivity index (χ2n) is 7.14. The Morgan fingerprint density at radius 3 is 1.55 bits per heavy atom.